The fourth-order valence-electron chi connectivity index (χ4n) is 4.32. The van der Waals surface area contributed by atoms with Crippen molar-refractivity contribution in [2.24, 2.45) is 0 Å². The van der Waals surface area contributed by atoms with Crippen LogP contribution >= 0.6 is 0 Å². The molecule has 0 radical (unpaired) electrons. The average Bonchev–Trinajstić information content (AvgIpc) is 2.86. The van der Waals surface area contributed by atoms with E-state index in [1.165, 1.54) is 0 Å². The molecular weight excluding hydrogens is 434 g/mol. The van der Waals surface area contributed by atoms with E-state index in [0.717, 1.165) is 47.0 Å². The molecule has 2 fully saturated rings. The molecule has 1 aromatic heterocycles. The first kappa shape index (κ1) is 22.3. The molecule has 8 nitrogen and oxygen atoms in total. The Kier molecular flexibility index (Phi) is 6.42. The summed E-state index contributed by atoms with van der Waals surface area (Å²) in [6.45, 7) is 4.31. The van der Waals surface area contributed by atoms with Crippen molar-refractivity contribution < 1.29 is 24.1 Å². The van der Waals surface area contributed by atoms with Crippen LogP contribution in [0.15, 0.2) is 60.9 Å². The summed E-state index contributed by atoms with van der Waals surface area (Å²) in [5.74, 6) is 0.649. The van der Waals surface area contributed by atoms with Gasteiger partial charge >= 0.3 is 5.97 Å². The Morgan fingerprint density at radius 3 is 2.38 bits per heavy atom. The number of ether oxygens (including phenoxy) is 3. The number of anilines is 1. The molecule has 8 heteroatoms. The third-order valence-electron chi connectivity index (χ3n) is 6.31. The molecule has 0 atom stereocenters. The highest BCUT2D eigenvalue weighted by Gasteiger charge is 2.42. The molecule has 1 N–H and O–H groups in total. The number of aromatic nitrogens is 2. The summed E-state index contributed by atoms with van der Waals surface area (Å²) in [6.07, 6.45) is 3.78. The van der Waals surface area contributed by atoms with E-state index >= 15 is 0 Å². The summed E-state index contributed by atoms with van der Waals surface area (Å²) in [6, 6.07) is 15.8. The van der Waals surface area contributed by atoms with Crippen LogP contribution in [0.3, 0.4) is 0 Å². The van der Waals surface area contributed by atoms with Crippen molar-refractivity contribution in [3.05, 3.63) is 72.1 Å². The van der Waals surface area contributed by atoms with Crippen molar-refractivity contribution in [3.8, 4) is 16.9 Å². The van der Waals surface area contributed by atoms with Crippen LogP contribution in [-0.2, 0) is 26.3 Å². The van der Waals surface area contributed by atoms with Crippen molar-refractivity contribution >= 4 is 11.9 Å². The largest absolute Gasteiger partial charge is 0.489 e. The van der Waals surface area contributed by atoms with Gasteiger partial charge in [0.15, 0.2) is 0 Å². The molecule has 176 valence electrons. The van der Waals surface area contributed by atoms with Gasteiger partial charge < -0.3 is 24.2 Å². The Bertz CT molecular complexity index is 1120. The molecule has 0 saturated carbocycles. The van der Waals surface area contributed by atoms with Gasteiger partial charge in [0.1, 0.15) is 12.4 Å². The maximum atomic E-state index is 11.2. The zero-order chi connectivity index (χ0) is 23.4. The highest BCUT2D eigenvalue weighted by atomic mass is 16.5. The normalized spacial score (nSPS) is 17.1. The molecule has 2 aliphatic heterocycles. The molecule has 0 amide bonds. The molecule has 3 heterocycles. The van der Waals surface area contributed by atoms with Crippen LogP contribution in [0.25, 0.3) is 11.1 Å². The minimum absolute atomic E-state index is 0.0666. The van der Waals surface area contributed by atoms with Crippen molar-refractivity contribution in [1.29, 1.82) is 0 Å². The Balaban J connectivity index is 1.22. The standard InChI is InChI=1S/C26H27N3O5/c30-24(31)13-26(17-33-18-26)22-4-6-23(7-5-22)34-16-19-2-1-3-20(12-19)21-14-27-25(28-15-21)29-8-10-32-11-9-29/h1-7,12,14-15H,8-11,13,16-18H2,(H,30,31). The maximum Gasteiger partial charge on any atom is 0.304 e. The first-order valence-electron chi connectivity index (χ1n) is 11.4. The number of carboxylic acids is 1. The molecule has 34 heavy (non-hydrogen) atoms. The molecule has 2 aliphatic rings. The van der Waals surface area contributed by atoms with Gasteiger partial charge in [-0.05, 0) is 34.9 Å². The van der Waals surface area contributed by atoms with E-state index in [1.807, 2.05) is 54.9 Å². The quantitative estimate of drug-likeness (QED) is 0.546. The smallest absolute Gasteiger partial charge is 0.304 e. The molecule has 0 unspecified atom stereocenters. The summed E-state index contributed by atoms with van der Waals surface area (Å²) >= 11 is 0. The Labute approximate surface area is 198 Å². The highest BCUT2D eigenvalue weighted by Crippen LogP contribution is 2.36. The van der Waals surface area contributed by atoms with Gasteiger partial charge in [-0.1, -0.05) is 30.3 Å². The third kappa shape index (κ3) is 4.88. The van der Waals surface area contributed by atoms with Crippen LogP contribution in [0.2, 0.25) is 0 Å². The lowest BCUT2D eigenvalue weighted by atomic mass is 9.76. The van der Waals surface area contributed by atoms with E-state index < -0.39 is 11.4 Å². The zero-order valence-corrected chi connectivity index (χ0v) is 18.9. The summed E-state index contributed by atoms with van der Waals surface area (Å²) in [7, 11) is 0. The molecule has 2 saturated heterocycles. The van der Waals surface area contributed by atoms with Gasteiger partial charge in [0.2, 0.25) is 5.95 Å². The second kappa shape index (κ2) is 9.79. The highest BCUT2D eigenvalue weighted by molar-refractivity contribution is 5.69. The monoisotopic (exact) mass is 461 g/mol. The van der Waals surface area contributed by atoms with Crippen LogP contribution in [0.4, 0.5) is 5.95 Å². The Morgan fingerprint density at radius 1 is 1.00 bits per heavy atom. The first-order valence-corrected chi connectivity index (χ1v) is 11.4. The Hall–Kier alpha value is -3.49. The predicted octanol–water partition coefficient (Wildman–Crippen LogP) is 3.30. The minimum Gasteiger partial charge on any atom is -0.489 e. The number of rotatable bonds is 8. The average molecular weight is 462 g/mol. The van der Waals surface area contributed by atoms with Crippen LogP contribution in [-0.4, -0.2) is 60.6 Å². The number of benzene rings is 2. The number of morpholine rings is 1. The predicted molar refractivity (Wildman–Crippen MR) is 126 cm³/mol. The maximum absolute atomic E-state index is 11.2. The first-order chi connectivity index (χ1) is 16.6. The van der Waals surface area contributed by atoms with Gasteiger partial charge in [-0.2, -0.15) is 0 Å². The molecule has 3 aromatic rings. The number of hydrogen-bond donors (Lipinski definition) is 1. The number of nitrogens with zero attached hydrogens (tertiary/aromatic N) is 3. The van der Waals surface area contributed by atoms with E-state index in [4.69, 9.17) is 14.2 Å². The molecule has 0 spiro atoms. The molecule has 2 aromatic carbocycles. The SMILES string of the molecule is O=C(O)CC1(c2ccc(OCc3cccc(-c4cnc(N5CCOCC5)nc4)c3)cc2)COC1. The molecule has 0 bridgehead atoms. The second-order valence-corrected chi connectivity index (χ2v) is 8.73. The topological polar surface area (TPSA) is 94.0 Å². The van der Waals surface area contributed by atoms with Crippen LogP contribution < -0.4 is 9.64 Å². The van der Waals surface area contributed by atoms with Crippen molar-refractivity contribution in [3.63, 3.8) is 0 Å². The van der Waals surface area contributed by atoms with Crippen molar-refractivity contribution in [2.75, 3.05) is 44.4 Å². The second-order valence-electron chi connectivity index (χ2n) is 8.73. The van der Waals surface area contributed by atoms with E-state index in [0.29, 0.717) is 33.0 Å². The zero-order valence-electron chi connectivity index (χ0n) is 18.9. The number of carboxylic acid groups (broad SMARTS) is 1. The van der Waals surface area contributed by atoms with Crippen LogP contribution in [0.5, 0.6) is 5.75 Å². The summed E-state index contributed by atoms with van der Waals surface area (Å²) in [5, 5.41) is 9.22. The fourth-order valence-corrected chi connectivity index (χ4v) is 4.32. The molecular formula is C26H27N3O5. The lowest BCUT2D eigenvalue weighted by Crippen LogP contribution is -2.48. The van der Waals surface area contributed by atoms with Crippen molar-refractivity contribution in [2.45, 2.75) is 18.4 Å². The summed E-state index contributed by atoms with van der Waals surface area (Å²) in [5.41, 5.74) is 3.56. The van der Waals surface area contributed by atoms with Gasteiger partial charge in [-0.25, -0.2) is 9.97 Å². The molecule has 5 rings (SSSR count). The summed E-state index contributed by atoms with van der Waals surface area (Å²) < 4.78 is 16.7. The van der Waals surface area contributed by atoms with Gasteiger partial charge in [-0.15, -0.1) is 0 Å². The minimum atomic E-state index is -0.815. The van der Waals surface area contributed by atoms with Crippen molar-refractivity contribution in [1.82, 2.24) is 9.97 Å². The van der Waals surface area contributed by atoms with Crippen LogP contribution in [0, 0.1) is 0 Å². The van der Waals surface area contributed by atoms with Gasteiger partial charge in [0.05, 0.1) is 38.3 Å². The Morgan fingerprint density at radius 2 is 1.74 bits per heavy atom. The van der Waals surface area contributed by atoms with Gasteiger partial charge in [0, 0.05) is 31.0 Å². The van der Waals surface area contributed by atoms with E-state index in [2.05, 4.69) is 20.9 Å². The summed E-state index contributed by atoms with van der Waals surface area (Å²) in [4.78, 5) is 22.4. The lowest BCUT2D eigenvalue weighted by Gasteiger charge is -2.40. The van der Waals surface area contributed by atoms with Crippen LogP contribution in [0.1, 0.15) is 17.5 Å². The number of carbonyl (C=O) groups is 1. The van der Waals surface area contributed by atoms with E-state index in [9.17, 15) is 9.90 Å². The third-order valence-corrected chi connectivity index (χ3v) is 6.31. The van der Waals surface area contributed by atoms with Gasteiger partial charge in [0.25, 0.3) is 0 Å². The number of hydrogen-bond acceptors (Lipinski definition) is 7. The molecule has 0 aliphatic carbocycles. The number of aliphatic carboxylic acids is 1. The lowest BCUT2D eigenvalue weighted by molar-refractivity contribution is -0.145. The fraction of sp³-hybridized carbons (Fsp3) is 0.346. The van der Waals surface area contributed by atoms with E-state index in [-0.39, 0.29) is 6.42 Å². The van der Waals surface area contributed by atoms with Gasteiger partial charge in [-0.3, -0.25) is 4.79 Å². The van der Waals surface area contributed by atoms with E-state index in [1.54, 1.807) is 0 Å².